The van der Waals surface area contributed by atoms with E-state index in [1.807, 2.05) is 55.5 Å². The number of hydrogen-bond acceptors (Lipinski definition) is 9. The fraction of sp³-hybridized carbons (Fsp3) is 0.590. The monoisotopic (exact) mass is 1940 g/mol. The number of ether oxygens (including phenoxy) is 9. The van der Waals surface area contributed by atoms with Gasteiger partial charge in [0.15, 0.2) is 69.2 Å². The molecule has 6 saturated carbocycles. The first-order chi connectivity index (χ1) is 66.9. The highest BCUT2D eigenvalue weighted by Crippen LogP contribution is 2.48. The Kier molecular flexibility index (Phi) is 49.3. The highest BCUT2D eigenvalue weighted by atomic mass is 19.2. The van der Waals surface area contributed by atoms with Gasteiger partial charge >= 0.3 is 0 Å². The third kappa shape index (κ3) is 33.9. The van der Waals surface area contributed by atoms with Crippen LogP contribution in [0.15, 0.2) is 121 Å². The highest BCUT2D eigenvalue weighted by Gasteiger charge is 2.36. The van der Waals surface area contributed by atoms with E-state index in [4.69, 9.17) is 42.6 Å². The lowest BCUT2D eigenvalue weighted by molar-refractivity contribution is 0.121. The molecule has 0 atom stereocenters. The van der Waals surface area contributed by atoms with Crippen LogP contribution < -0.4 is 42.6 Å². The molecule has 0 aliphatic heterocycles. The van der Waals surface area contributed by atoms with Crippen molar-refractivity contribution in [3.63, 3.8) is 0 Å². The molecule has 0 radical (unpaired) electrons. The maximum absolute atomic E-state index is 14.4. The van der Waals surface area contributed by atoms with E-state index in [-0.39, 0.29) is 82.4 Å². The van der Waals surface area contributed by atoms with Crippen molar-refractivity contribution >= 4 is 0 Å². The minimum Gasteiger partial charge on any atom is -0.491 e. The third-order valence-corrected chi connectivity index (χ3v) is 29.2. The topological polar surface area (TPSA) is 83.1 Å². The summed E-state index contributed by atoms with van der Waals surface area (Å²) >= 11 is 0. The zero-order chi connectivity index (χ0) is 99.4. The molecule has 0 aromatic heterocycles. The lowest BCUT2D eigenvalue weighted by atomic mass is 9.68. The molecule has 764 valence electrons. The van der Waals surface area contributed by atoms with Crippen LogP contribution in [0.2, 0.25) is 0 Å². The fourth-order valence-corrected chi connectivity index (χ4v) is 21.0. The Balaban J connectivity index is 0.000000186. The van der Waals surface area contributed by atoms with Gasteiger partial charge < -0.3 is 42.6 Å². The van der Waals surface area contributed by atoms with Gasteiger partial charge in [0.2, 0.25) is 52.4 Å². The number of rotatable bonds is 38. The van der Waals surface area contributed by atoms with Crippen molar-refractivity contribution in [3.8, 4) is 62.9 Å². The summed E-state index contributed by atoms with van der Waals surface area (Å²) in [5, 5.41) is 0. The summed E-state index contributed by atoms with van der Waals surface area (Å²) in [6, 6.07) is 33.7. The summed E-state index contributed by atoms with van der Waals surface area (Å²) in [4.78, 5) is 0. The molecule has 8 aromatic carbocycles. The maximum Gasteiger partial charge on any atom is 0.204 e. The Morgan fingerprint density at radius 1 is 0.225 bits per heavy atom. The summed E-state index contributed by atoms with van der Waals surface area (Å²) in [7, 11) is 0. The van der Waals surface area contributed by atoms with Crippen LogP contribution >= 0.6 is 0 Å². The van der Waals surface area contributed by atoms with Crippen molar-refractivity contribution in [2.45, 2.75) is 333 Å². The van der Waals surface area contributed by atoms with E-state index in [9.17, 15) is 52.7 Å². The van der Waals surface area contributed by atoms with Crippen LogP contribution in [0.25, 0.3) is 11.1 Å². The van der Waals surface area contributed by atoms with E-state index < -0.39 is 69.8 Å². The smallest absolute Gasteiger partial charge is 0.204 e. The lowest BCUT2D eigenvalue weighted by Crippen LogP contribution is -2.27. The zero-order valence-corrected chi connectivity index (χ0v) is 84.5. The SMILES string of the molecule is CCCC1CCC(c2ccc(OCC)c(F)c2F)CC1.CCCCC1CCC(COc2ccc(OCC)c(F)c2F)CC1.CCCOc1ccc(-c2ccc(CCC)cc2)c(F)c1F.CCCc1ccc(COc2ccc(OCC)c(F)c2F)cc1.CCOc1ccc(C2CCC(C3CCC(CC)CC3)CC2)c(F)c1F.CCOc1ccc(OCC2CCC(C3CCC(CC)CC3)CC2)c(F)c1F. The largest absolute Gasteiger partial charge is 0.491 e. The first kappa shape index (κ1) is 113. The van der Waals surface area contributed by atoms with Crippen LogP contribution in [0.1, 0.15) is 341 Å². The Labute approximate surface area is 817 Å². The molecule has 21 heteroatoms. The molecule has 6 aliphatic carbocycles. The predicted molar refractivity (Wildman–Crippen MR) is 531 cm³/mol. The van der Waals surface area contributed by atoms with E-state index in [1.54, 1.807) is 65.0 Å². The van der Waals surface area contributed by atoms with Crippen molar-refractivity contribution in [1.29, 1.82) is 0 Å². The van der Waals surface area contributed by atoms with Crippen LogP contribution in [-0.4, -0.2) is 52.9 Å². The van der Waals surface area contributed by atoms with Gasteiger partial charge in [-0.15, -0.1) is 0 Å². The maximum atomic E-state index is 14.4. The molecule has 0 heterocycles. The fourth-order valence-electron chi connectivity index (χ4n) is 21.0. The molecular weight excluding hydrogens is 1780 g/mol. The van der Waals surface area contributed by atoms with Gasteiger partial charge in [0.1, 0.15) is 6.61 Å². The Morgan fingerprint density at radius 3 is 0.862 bits per heavy atom. The summed E-state index contributed by atoms with van der Waals surface area (Å²) in [5.41, 5.74) is 5.38. The van der Waals surface area contributed by atoms with Gasteiger partial charge in [0, 0.05) is 5.56 Å². The molecule has 9 nitrogen and oxygen atoms in total. The van der Waals surface area contributed by atoms with Gasteiger partial charge in [0.25, 0.3) is 0 Å². The molecule has 6 aliphatic rings. The molecule has 14 rings (SSSR count). The Bertz CT molecular complexity index is 4810. The van der Waals surface area contributed by atoms with Crippen molar-refractivity contribution in [3.05, 3.63) is 219 Å². The minimum atomic E-state index is -1.02. The van der Waals surface area contributed by atoms with Gasteiger partial charge in [-0.05, 0) is 335 Å². The minimum absolute atomic E-state index is 0.00374. The average molecular weight is 1940 g/mol. The highest BCUT2D eigenvalue weighted by molar-refractivity contribution is 5.65. The summed E-state index contributed by atoms with van der Waals surface area (Å²) in [5.74, 6) is -2.86. The average Bonchev–Trinajstić information content (AvgIpc) is 0.803. The van der Waals surface area contributed by atoms with Crippen LogP contribution in [0.4, 0.5) is 52.7 Å². The van der Waals surface area contributed by atoms with Crippen molar-refractivity contribution in [2.75, 3.05) is 52.9 Å². The number of unbranched alkanes of at least 4 members (excludes halogenated alkanes) is 1. The van der Waals surface area contributed by atoms with Crippen LogP contribution in [0, 0.1) is 129 Å². The molecule has 138 heavy (non-hydrogen) atoms. The second kappa shape index (κ2) is 60.4. The normalized spacial score (nSPS) is 21.2. The van der Waals surface area contributed by atoms with E-state index in [1.165, 1.54) is 188 Å². The van der Waals surface area contributed by atoms with Gasteiger partial charge in [-0.25, -0.2) is 13.2 Å². The van der Waals surface area contributed by atoms with Gasteiger partial charge in [-0.2, -0.15) is 39.5 Å². The number of hydrogen-bond donors (Lipinski definition) is 0. The number of benzene rings is 8. The zero-order valence-electron chi connectivity index (χ0n) is 84.5. The molecule has 0 amide bonds. The first-order valence-corrected chi connectivity index (χ1v) is 52.6. The molecular formula is C117H158F12O9. The second-order valence-electron chi connectivity index (χ2n) is 38.6. The van der Waals surface area contributed by atoms with Crippen molar-refractivity contribution in [1.82, 2.24) is 0 Å². The Morgan fingerprint density at radius 2 is 0.507 bits per heavy atom. The van der Waals surface area contributed by atoms with E-state index >= 15 is 0 Å². The van der Waals surface area contributed by atoms with E-state index in [2.05, 4.69) is 41.5 Å². The van der Waals surface area contributed by atoms with E-state index in [0.717, 1.165) is 149 Å². The quantitative estimate of drug-likeness (QED) is 0.0351. The Hall–Kier alpha value is -8.88. The van der Waals surface area contributed by atoms with Crippen LogP contribution in [0.5, 0.6) is 51.7 Å². The van der Waals surface area contributed by atoms with Gasteiger partial charge in [-0.3, -0.25) is 0 Å². The van der Waals surface area contributed by atoms with E-state index in [0.29, 0.717) is 74.8 Å². The molecule has 0 unspecified atom stereocenters. The predicted octanol–water partition coefficient (Wildman–Crippen LogP) is 35.1. The molecule has 0 saturated heterocycles. The summed E-state index contributed by atoms with van der Waals surface area (Å²) in [6.45, 7) is 27.0. The lowest BCUT2D eigenvalue weighted by Gasteiger charge is -2.38. The molecule has 0 N–H and O–H groups in total. The summed E-state index contributed by atoms with van der Waals surface area (Å²) < 4.78 is 215. The number of halogens is 12. The molecule has 8 aromatic rings. The van der Waals surface area contributed by atoms with Crippen LogP contribution in [0.3, 0.4) is 0 Å². The molecule has 0 bridgehead atoms. The second-order valence-corrected chi connectivity index (χ2v) is 38.6. The summed E-state index contributed by atoms with van der Waals surface area (Å²) in [6.07, 6.45) is 43.1. The van der Waals surface area contributed by atoms with Crippen molar-refractivity contribution in [2.24, 2.45) is 59.2 Å². The first-order valence-electron chi connectivity index (χ1n) is 52.6. The number of aryl methyl sites for hydroxylation is 2. The van der Waals surface area contributed by atoms with Crippen LogP contribution in [-0.2, 0) is 19.4 Å². The van der Waals surface area contributed by atoms with Gasteiger partial charge in [-0.1, -0.05) is 205 Å². The molecule has 6 fully saturated rings. The standard InChI is InChI=1S/C23H34F2O2.C22H32F2O.C19H28F2O2.C18H20F2O2.C18H20F2O.C17H24F2O/c1-3-16-5-9-18(10-6-16)19-11-7-17(8-12-19)15-27-21-14-13-20(26-4-2)22(24)23(21)25;1-3-15-5-7-16(8-6-15)17-9-11-18(12-10-17)19-13-14-20(25-4-2)22(24)21(19)23;1-3-5-6-14-7-9-15(10-8-14)13-23-17-12-11-16(22-4-2)18(20)19(17)21;1-3-5-13-6-8-14(9-7-13)12-22-16-11-10-15(21-4-2)17(19)18(16)20;1-3-5-13-6-8-14(9-7-13)15-10-11-16(21-12-4-2)18(20)17(15)19;1-3-5-12-6-8-13(9-7-12)14-10-11-15(20-4-2)17(19)16(14)18/h13-14,16-19H,3-12,15H2,1-2H3;13-18H,3-12H2,1-2H3;11-12,14-15H,3-10,13H2,1-2H3;6-11H,3-5,12H2,1-2H3;6-11H,3-5,12H2,1-2H3;10-13H,3-9H2,1-2H3. The third-order valence-electron chi connectivity index (χ3n) is 29.2. The van der Waals surface area contributed by atoms with Crippen molar-refractivity contribution < 1.29 is 95.3 Å². The van der Waals surface area contributed by atoms with Gasteiger partial charge in [0.05, 0.1) is 52.9 Å². The molecule has 0 spiro atoms.